The van der Waals surface area contributed by atoms with Crippen molar-refractivity contribution in [1.29, 1.82) is 0 Å². The van der Waals surface area contributed by atoms with Gasteiger partial charge in [0.25, 0.3) is 0 Å². The van der Waals surface area contributed by atoms with E-state index in [0.29, 0.717) is 11.7 Å². The minimum atomic E-state index is -0.000789. The monoisotopic (exact) mass is 406 g/mol. The Morgan fingerprint density at radius 3 is 2.48 bits per heavy atom. The number of hydrogen-bond acceptors (Lipinski definition) is 5. The molecule has 150 valence electrons. The fourth-order valence-corrected chi connectivity index (χ4v) is 4.35. The zero-order valence-electron chi connectivity index (χ0n) is 16.9. The first kappa shape index (κ1) is 19.6. The topological polar surface area (TPSA) is 48.5 Å². The van der Waals surface area contributed by atoms with Gasteiger partial charge in [0.15, 0.2) is 5.13 Å². The first-order valence-electron chi connectivity index (χ1n) is 9.94. The van der Waals surface area contributed by atoms with E-state index in [0.717, 1.165) is 37.4 Å². The Hall–Kier alpha value is -2.70. The molecule has 0 radical (unpaired) electrons. The Balaban J connectivity index is 1.29. The predicted molar refractivity (Wildman–Crippen MR) is 121 cm³/mol. The average Bonchev–Trinajstić information content (AvgIpc) is 3.18. The molecule has 0 unspecified atom stereocenters. The molecular weight excluding hydrogens is 380 g/mol. The predicted octanol–water partition coefficient (Wildman–Crippen LogP) is 4.19. The standard InChI is InChI=1S/C23H26N4OS/c1-17-7-9-19(10-8-17)20-16-29-23(24-20)25-22(28)15-26-11-13-27(14-12-26)21-6-4-3-5-18(21)2/h3-10,16H,11-15H2,1-2H3,(H,24,25,28). The van der Waals surface area contributed by atoms with E-state index in [4.69, 9.17) is 0 Å². The van der Waals surface area contributed by atoms with Crippen molar-refractivity contribution in [3.8, 4) is 11.3 Å². The van der Waals surface area contributed by atoms with Crippen LogP contribution in [0.3, 0.4) is 0 Å². The first-order valence-corrected chi connectivity index (χ1v) is 10.8. The summed E-state index contributed by atoms with van der Waals surface area (Å²) in [4.78, 5) is 21.6. The Morgan fingerprint density at radius 1 is 1.03 bits per heavy atom. The van der Waals surface area contributed by atoms with Crippen LogP contribution in [0.4, 0.5) is 10.8 Å². The molecule has 1 N–H and O–H groups in total. The lowest BCUT2D eigenvalue weighted by Crippen LogP contribution is -2.48. The molecule has 1 amide bonds. The molecule has 1 saturated heterocycles. The Morgan fingerprint density at radius 2 is 1.76 bits per heavy atom. The average molecular weight is 407 g/mol. The molecule has 1 aromatic heterocycles. The van der Waals surface area contributed by atoms with Crippen LogP contribution in [0.1, 0.15) is 11.1 Å². The maximum Gasteiger partial charge on any atom is 0.240 e. The summed E-state index contributed by atoms with van der Waals surface area (Å²) in [5.74, 6) is -0.000789. The lowest BCUT2D eigenvalue weighted by atomic mass is 10.1. The van der Waals surface area contributed by atoms with Gasteiger partial charge in [-0.3, -0.25) is 9.69 Å². The van der Waals surface area contributed by atoms with Gasteiger partial charge in [-0.1, -0.05) is 48.0 Å². The van der Waals surface area contributed by atoms with Crippen molar-refractivity contribution in [2.45, 2.75) is 13.8 Å². The van der Waals surface area contributed by atoms with E-state index in [1.54, 1.807) is 0 Å². The number of anilines is 2. The number of amides is 1. The van der Waals surface area contributed by atoms with Crippen molar-refractivity contribution in [2.24, 2.45) is 0 Å². The molecule has 1 aliphatic heterocycles. The molecule has 2 aromatic carbocycles. The number of para-hydroxylation sites is 1. The van der Waals surface area contributed by atoms with Crippen molar-refractivity contribution in [3.05, 3.63) is 65.0 Å². The molecule has 5 nitrogen and oxygen atoms in total. The molecule has 1 fully saturated rings. The Labute approximate surface area is 176 Å². The number of benzene rings is 2. The SMILES string of the molecule is Cc1ccc(-c2csc(NC(=O)CN3CCN(c4ccccc4C)CC3)n2)cc1. The van der Waals surface area contributed by atoms with E-state index in [1.807, 2.05) is 5.38 Å². The maximum absolute atomic E-state index is 12.5. The van der Waals surface area contributed by atoms with E-state index in [9.17, 15) is 4.79 Å². The van der Waals surface area contributed by atoms with Crippen molar-refractivity contribution in [2.75, 3.05) is 42.9 Å². The number of thiazole rings is 1. The zero-order chi connectivity index (χ0) is 20.2. The van der Waals surface area contributed by atoms with Crippen LogP contribution in [0.5, 0.6) is 0 Å². The highest BCUT2D eigenvalue weighted by atomic mass is 32.1. The van der Waals surface area contributed by atoms with Gasteiger partial charge < -0.3 is 10.2 Å². The van der Waals surface area contributed by atoms with Crippen molar-refractivity contribution in [1.82, 2.24) is 9.88 Å². The molecule has 3 aromatic rings. The Bertz CT molecular complexity index is 975. The summed E-state index contributed by atoms with van der Waals surface area (Å²) in [5, 5.41) is 5.60. The smallest absolute Gasteiger partial charge is 0.240 e. The fourth-order valence-electron chi connectivity index (χ4n) is 3.62. The molecule has 4 rings (SSSR count). The number of carbonyl (C=O) groups excluding carboxylic acids is 1. The second-order valence-electron chi connectivity index (χ2n) is 7.50. The molecule has 0 atom stereocenters. The van der Waals surface area contributed by atoms with E-state index < -0.39 is 0 Å². The second-order valence-corrected chi connectivity index (χ2v) is 8.36. The van der Waals surface area contributed by atoms with Gasteiger partial charge in [-0.15, -0.1) is 11.3 Å². The summed E-state index contributed by atoms with van der Waals surface area (Å²) >= 11 is 1.47. The van der Waals surface area contributed by atoms with Gasteiger partial charge in [-0.2, -0.15) is 0 Å². The molecule has 6 heteroatoms. The molecule has 0 aliphatic carbocycles. The number of hydrogen-bond donors (Lipinski definition) is 1. The van der Waals surface area contributed by atoms with Crippen molar-refractivity contribution in [3.63, 3.8) is 0 Å². The van der Waals surface area contributed by atoms with Crippen LogP contribution in [0.2, 0.25) is 0 Å². The van der Waals surface area contributed by atoms with Crippen LogP contribution < -0.4 is 10.2 Å². The summed E-state index contributed by atoms with van der Waals surface area (Å²) in [5.41, 5.74) is 5.78. The van der Waals surface area contributed by atoms with E-state index >= 15 is 0 Å². The third-order valence-electron chi connectivity index (χ3n) is 5.29. The highest BCUT2D eigenvalue weighted by Gasteiger charge is 2.20. The number of aryl methyl sites for hydroxylation is 2. The largest absolute Gasteiger partial charge is 0.369 e. The van der Waals surface area contributed by atoms with Crippen LogP contribution in [0.25, 0.3) is 11.3 Å². The van der Waals surface area contributed by atoms with Gasteiger partial charge in [0.1, 0.15) is 0 Å². The van der Waals surface area contributed by atoms with Crippen LogP contribution in [0.15, 0.2) is 53.9 Å². The number of nitrogens with zero attached hydrogens (tertiary/aromatic N) is 3. The summed E-state index contributed by atoms with van der Waals surface area (Å²) < 4.78 is 0. The van der Waals surface area contributed by atoms with Gasteiger partial charge in [-0.05, 0) is 25.5 Å². The third kappa shape index (κ3) is 4.83. The van der Waals surface area contributed by atoms with Gasteiger partial charge in [0.05, 0.1) is 12.2 Å². The number of nitrogens with one attached hydrogen (secondary N) is 1. The van der Waals surface area contributed by atoms with E-state index in [2.05, 4.69) is 82.5 Å². The van der Waals surface area contributed by atoms with Crippen LogP contribution >= 0.6 is 11.3 Å². The van der Waals surface area contributed by atoms with Crippen LogP contribution in [-0.4, -0.2) is 48.5 Å². The summed E-state index contributed by atoms with van der Waals surface area (Å²) in [6, 6.07) is 16.7. The number of aromatic nitrogens is 1. The van der Waals surface area contributed by atoms with Crippen molar-refractivity contribution < 1.29 is 4.79 Å². The molecule has 2 heterocycles. The lowest BCUT2D eigenvalue weighted by Gasteiger charge is -2.36. The molecule has 0 spiro atoms. The number of rotatable bonds is 5. The number of piperazine rings is 1. The van der Waals surface area contributed by atoms with Crippen LogP contribution in [0, 0.1) is 13.8 Å². The van der Waals surface area contributed by atoms with E-state index in [-0.39, 0.29) is 5.91 Å². The lowest BCUT2D eigenvalue weighted by molar-refractivity contribution is -0.117. The maximum atomic E-state index is 12.5. The summed E-state index contributed by atoms with van der Waals surface area (Å²) in [6.45, 7) is 8.26. The van der Waals surface area contributed by atoms with Gasteiger partial charge in [0, 0.05) is 42.8 Å². The fraction of sp³-hybridized carbons (Fsp3) is 0.304. The summed E-state index contributed by atoms with van der Waals surface area (Å²) in [6.07, 6.45) is 0. The second kappa shape index (κ2) is 8.76. The number of carbonyl (C=O) groups is 1. The summed E-state index contributed by atoms with van der Waals surface area (Å²) in [7, 11) is 0. The van der Waals surface area contributed by atoms with Crippen LogP contribution in [-0.2, 0) is 4.79 Å². The minimum Gasteiger partial charge on any atom is -0.369 e. The quantitative estimate of drug-likeness (QED) is 0.690. The van der Waals surface area contributed by atoms with Gasteiger partial charge >= 0.3 is 0 Å². The van der Waals surface area contributed by atoms with Gasteiger partial charge in [-0.25, -0.2) is 4.98 Å². The highest BCUT2D eigenvalue weighted by Crippen LogP contribution is 2.25. The molecule has 0 bridgehead atoms. The molecule has 1 aliphatic rings. The zero-order valence-corrected chi connectivity index (χ0v) is 17.7. The molecule has 0 saturated carbocycles. The third-order valence-corrected chi connectivity index (χ3v) is 6.05. The minimum absolute atomic E-state index is 0.000789. The molecule has 29 heavy (non-hydrogen) atoms. The molecular formula is C23H26N4OS. The normalized spacial score (nSPS) is 14.8. The van der Waals surface area contributed by atoms with E-state index in [1.165, 1.54) is 28.2 Å². The Kier molecular flexibility index (Phi) is 5.92. The van der Waals surface area contributed by atoms with Gasteiger partial charge in [0.2, 0.25) is 5.91 Å². The van der Waals surface area contributed by atoms with Crippen molar-refractivity contribution >= 4 is 28.1 Å². The highest BCUT2D eigenvalue weighted by molar-refractivity contribution is 7.14. The first-order chi connectivity index (χ1) is 14.1.